The van der Waals surface area contributed by atoms with Crippen LogP contribution in [-0.4, -0.2) is 66.1 Å². The number of morpholine rings is 1. The number of rotatable bonds is 3. The van der Waals surface area contributed by atoms with Gasteiger partial charge in [-0.25, -0.2) is 4.79 Å². The van der Waals surface area contributed by atoms with E-state index >= 15 is 0 Å². The number of phenols is 1. The maximum absolute atomic E-state index is 12.6. The number of esters is 1. The largest absolute Gasteiger partial charge is 0.508 e. The summed E-state index contributed by atoms with van der Waals surface area (Å²) in [6, 6.07) is 4.52. The summed E-state index contributed by atoms with van der Waals surface area (Å²) >= 11 is 0. The highest BCUT2D eigenvalue weighted by Gasteiger charge is 2.26. The molecule has 2 heterocycles. The summed E-state index contributed by atoms with van der Waals surface area (Å²) in [6.07, 6.45) is 10.3. The lowest BCUT2D eigenvalue weighted by Gasteiger charge is -2.35. The summed E-state index contributed by atoms with van der Waals surface area (Å²) < 4.78 is 11.0. The van der Waals surface area contributed by atoms with Crippen LogP contribution in [0.25, 0.3) is 0 Å². The zero-order valence-electron chi connectivity index (χ0n) is 19.2. The Morgan fingerprint density at radius 1 is 1.15 bits per heavy atom. The van der Waals surface area contributed by atoms with Crippen LogP contribution in [0.5, 0.6) is 5.75 Å². The molecular weight excluding hydrogens is 424 g/mol. The van der Waals surface area contributed by atoms with E-state index in [1.54, 1.807) is 11.0 Å². The number of ether oxygens (including phenoxy) is 2. The lowest BCUT2D eigenvalue weighted by atomic mass is 10.0. The van der Waals surface area contributed by atoms with E-state index in [0.29, 0.717) is 36.3 Å². The van der Waals surface area contributed by atoms with Crippen LogP contribution >= 0.6 is 0 Å². The summed E-state index contributed by atoms with van der Waals surface area (Å²) in [5, 5.41) is 14.1. The molecule has 1 fully saturated rings. The molecule has 8 nitrogen and oxygen atoms in total. The molecule has 2 atom stereocenters. The predicted molar refractivity (Wildman–Crippen MR) is 124 cm³/mol. The number of carbonyl (C=O) groups is 2. The van der Waals surface area contributed by atoms with Gasteiger partial charge in [0.15, 0.2) is 6.61 Å². The molecule has 2 unspecified atom stereocenters. The number of nitrogens with zero attached hydrogens (tertiary/aromatic N) is 2. The Labute approximate surface area is 194 Å². The second-order valence-corrected chi connectivity index (χ2v) is 8.31. The number of allylic oxidation sites excluding steroid dienone is 3. The van der Waals surface area contributed by atoms with Crippen LogP contribution in [0, 0.1) is 0 Å². The normalized spacial score (nSPS) is 25.5. The Bertz CT molecular complexity index is 913. The van der Waals surface area contributed by atoms with Crippen LogP contribution < -0.4 is 0 Å². The molecule has 178 valence electrons. The Hall–Kier alpha value is -3.13. The molecule has 0 aliphatic carbocycles. The lowest BCUT2D eigenvalue weighted by Crippen LogP contribution is -2.49. The van der Waals surface area contributed by atoms with Crippen molar-refractivity contribution < 1.29 is 29.0 Å². The van der Waals surface area contributed by atoms with Crippen molar-refractivity contribution in [1.82, 2.24) is 4.90 Å². The van der Waals surface area contributed by atoms with Crippen molar-refractivity contribution >= 4 is 17.6 Å². The third-order valence-electron chi connectivity index (χ3n) is 5.32. The molecule has 0 aromatic heterocycles. The number of carbonyl (C=O) groups excluding carboxylic acids is 2. The van der Waals surface area contributed by atoms with Crippen molar-refractivity contribution in [1.29, 1.82) is 0 Å². The summed E-state index contributed by atoms with van der Waals surface area (Å²) in [7, 11) is 0. The molecule has 0 radical (unpaired) electrons. The highest BCUT2D eigenvalue weighted by atomic mass is 16.6. The Morgan fingerprint density at radius 3 is 2.67 bits per heavy atom. The molecule has 33 heavy (non-hydrogen) atoms. The smallest absolute Gasteiger partial charge is 0.338 e. The number of fused-ring (bicyclic) bond motifs is 1. The first kappa shape index (κ1) is 24.5. The van der Waals surface area contributed by atoms with Crippen LogP contribution in [0.15, 0.2) is 47.7 Å². The van der Waals surface area contributed by atoms with E-state index in [0.717, 1.165) is 12.8 Å². The van der Waals surface area contributed by atoms with Gasteiger partial charge < -0.3 is 24.3 Å². The number of cyclic esters (lactones) is 1. The number of amides is 1. The number of hydrogen-bond acceptors (Lipinski definition) is 7. The Morgan fingerprint density at radius 2 is 1.88 bits per heavy atom. The van der Waals surface area contributed by atoms with Gasteiger partial charge in [0, 0.05) is 19.5 Å². The molecule has 2 aliphatic rings. The lowest BCUT2D eigenvalue weighted by molar-refractivity contribution is -0.147. The first-order valence-electron chi connectivity index (χ1n) is 11.3. The van der Waals surface area contributed by atoms with Crippen LogP contribution in [0.1, 0.15) is 49.0 Å². The van der Waals surface area contributed by atoms with E-state index in [1.807, 2.05) is 38.2 Å². The van der Waals surface area contributed by atoms with Crippen LogP contribution in [0.4, 0.5) is 0 Å². The zero-order chi connectivity index (χ0) is 23.6. The van der Waals surface area contributed by atoms with Crippen LogP contribution in [0.3, 0.4) is 0 Å². The highest BCUT2D eigenvalue weighted by Crippen LogP contribution is 2.20. The fourth-order valence-corrected chi connectivity index (χ4v) is 3.83. The summed E-state index contributed by atoms with van der Waals surface area (Å²) in [4.78, 5) is 32.2. The average molecular weight is 457 g/mol. The minimum Gasteiger partial charge on any atom is -0.508 e. The number of aromatic hydroxyl groups is 1. The molecule has 1 N–H and O–H groups in total. The Balaban J connectivity index is 1.74. The van der Waals surface area contributed by atoms with Crippen molar-refractivity contribution in [3.05, 3.63) is 53.6 Å². The van der Waals surface area contributed by atoms with Crippen molar-refractivity contribution in [2.45, 2.75) is 51.7 Å². The third-order valence-corrected chi connectivity index (χ3v) is 5.32. The van der Waals surface area contributed by atoms with Gasteiger partial charge in [0.2, 0.25) is 0 Å². The van der Waals surface area contributed by atoms with E-state index in [-0.39, 0.29) is 43.5 Å². The predicted octanol–water partition coefficient (Wildman–Crippen LogP) is 3.40. The van der Waals surface area contributed by atoms with E-state index in [4.69, 9.17) is 14.3 Å². The second-order valence-electron chi connectivity index (χ2n) is 8.31. The summed E-state index contributed by atoms with van der Waals surface area (Å²) in [5.41, 5.74) is 1.47. The van der Waals surface area contributed by atoms with E-state index in [9.17, 15) is 14.7 Å². The van der Waals surface area contributed by atoms with E-state index < -0.39 is 5.97 Å². The van der Waals surface area contributed by atoms with Gasteiger partial charge in [0.1, 0.15) is 5.75 Å². The molecule has 2 aliphatic heterocycles. The fraction of sp³-hybridized carbons (Fsp3) is 0.480. The van der Waals surface area contributed by atoms with Crippen molar-refractivity contribution in [3.63, 3.8) is 0 Å². The van der Waals surface area contributed by atoms with Gasteiger partial charge in [-0.1, -0.05) is 23.4 Å². The molecule has 3 rings (SSSR count). The van der Waals surface area contributed by atoms with Gasteiger partial charge in [-0.2, -0.15) is 0 Å². The first-order valence-corrected chi connectivity index (χ1v) is 11.3. The highest BCUT2D eigenvalue weighted by molar-refractivity contribution is 5.99. The molecule has 0 bridgehead atoms. The molecule has 1 amide bonds. The fourth-order valence-electron chi connectivity index (χ4n) is 3.83. The van der Waals surface area contributed by atoms with Gasteiger partial charge >= 0.3 is 5.97 Å². The maximum atomic E-state index is 12.6. The van der Waals surface area contributed by atoms with Gasteiger partial charge in [-0.15, -0.1) is 0 Å². The molecule has 0 spiro atoms. The minimum atomic E-state index is -0.453. The zero-order valence-corrected chi connectivity index (χ0v) is 19.2. The average Bonchev–Trinajstić information content (AvgIpc) is 2.76. The molecule has 8 heteroatoms. The topological polar surface area (TPSA) is 97.7 Å². The minimum absolute atomic E-state index is 0.0236. The van der Waals surface area contributed by atoms with Crippen molar-refractivity contribution in [3.8, 4) is 5.75 Å². The van der Waals surface area contributed by atoms with Gasteiger partial charge in [0.05, 0.1) is 30.1 Å². The van der Waals surface area contributed by atoms with Gasteiger partial charge in [0.25, 0.3) is 5.91 Å². The first-order chi connectivity index (χ1) is 15.9. The van der Waals surface area contributed by atoms with E-state index in [1.165, 1.54) is 12.1 Å². The van der Waals surface area contributed by atoms with E-state index in [2.05, 4.69) is 5.16 Å². The SMILES string of the molecule is CC1CN(C(=O)CO/N=C2\C=C\CC/C=C/CCOC(=O)c3ccc(O)cc3C2)CC(C)O1. The standard InChI is InChI=1S/C25H32N2O6/c1-18-15-27(16-19(2)33-18)24(29)17-32-26-21-9-7-5-3-4-6-8-12-31-25(30)23-11-10-22(28)14-20(23)13-21/h4,6-7,9-11,14,18-19,28H,3,5,8,12-13,15-17H2,1-2H3/b6-4+,9-7+,26-21+. The van der Waals surface area contributed by atoms with Crippen molar-refractivity contribution in [2.75, 3.05) is 26.3 Å². The van der Waals surface area contributed by atoms with Gasteiger partial charge in [-0.3, -0.25) is 4.79 Å². The number of hydrogen-bond donors (Lipinski definition) is 1. The molecule has 0 saturated carbocycles. The second kappa shape index (κ2) is 12.2. The van der Waals surface area contributed by atoms with Crippen LogP contribution in [0.2, 0.25) is 0 Å². The van der Waals surface area contributed by atoms with Crippen LogP contribution in [-0.2, 0) is 25.5 Å². The molecular formula is C25H32N2O6. The number of benzene rings is 1. The Kier molecular flexibility index (Phi) is 9.06. The summed E-state index contributed by atoms with van der Waals surface area (Å²) in [6.45, 7) is 5.01. The van der Waals surface area contributed by atoms with Gasteiger partial charge in [-0.05, 0) is 62.9 Å². The number of phenolic OH excluding ortho intramolecular Hbond substituents is 1. The quantitative estimate of drug-likeness (QED) is 0.425. The van der Waals surface area contributed by atoms with Crippen molar-refractivity contribution in [2.24, 2.45) is 5.16 Å². The summed E-state index contributed by atoms with van der Waals surface area (Å²) in [5.74, 6) is -0.566. The molecule has 1 saturated heterocycles. The maximum Gasteiger partial charge on any atom is 0.338 e. The molecule has 1 aromatic carbocycles. The molecule has 1 aromatic rings. The third kappa shape index (κ3) is 7.75. The number of oxime groups is 1. The monoisotopic (exact) mass is 456 g/mol.